The lowest BCUT2D eigenvalue weighted by molar-refractivity contribution is -0.321. The fourth-order valence-corrected chi connectivity index (χ4v) is 4.70. The van der Waals surface area contributed by atoms with Crippen LogP contribution in [0.2, 0.25) is 0 Å². The smallest absolute Gasteiger partial charge is 0.238 e. The standard InChI is InChI=1S/C27H27NO4/c1-2-3-18-26(24(29)22-16-10-11-17-23(22)28-25(26)30)19-27(32-31,20-12-6-4-7-13-20)21-14-8-5-9-15-21/h4-17,31H,2-3,18-19H2,1H3,(H,28,30). The maximum Gasteiger partial charge on any atom is 0.238 e. The zero-order chi connectivity index (χ0) is 22.6. The molecule has 1 unspecified atom stereocenters. The monoisotopic (exact) mass is 429 g/mol. The molecular formula is C27H27NO4. The molecule has 4 rings (SSSR count). The molecule has 0 fully saturated rings. The summed E-state index contributed by atoms with van der Waals surface area (Å²) in [5, 5.41) is 13.3. The summed E-state index contributed by atoms with van der Waals surface area (Å²) in [7, 11) is 0. The van der Waals surface area contributed by atoms with E-state index >= 15 is 0 Å². The van der Waals surface area contributed by atoms with Gasteiger partial charge in [0.05, 0.1) is 5.69 Å². The van der Waals surface area contributed by atoms with E-state index < -0.39 is 11.0 Å². The summed E-state index contributed by atoms with van der Waals surface area (Å²) >= 11 is 0. The highest BCUT2D eigenvalue weighted by molar-refractivity contribution is 6.24. The van der Waals surface area contributed by atoms with Crippen LogP contribution in [0.3, 0.4) is 0 Å². The predicted molar refractivity (Wildman–Crippen MR) is 123 cm³/mol. The van der Waals surface area contributed by atoms with Crippen molar-refractivity contribution in [2.75, 3.05) is 5.32 Å². The number of nitrogens with one attached hydrogen (secondary N) is 1. The van der Waals surface area contributed by atoms with Crippen molar-refractivity contribution in [1.82, 2.24) is 0 Å². The molecule has 3 aromatic carbocycles. The molecule has 0 radical (unpaired) electrons. The molecule has 2 N–H and O–H groups in total. The van der Waals surface area contributed by atoms with Gasteiger partial charge in [-0.1, -0.05) is 92.6 Å². The summed E-state index contributed by atoms with van der Waals surface area (Å²) in [6.07, 6.45) is 1.84. The van der Waals surface area contributed by atoms with Gasteiger partial charge >= 0.3 is 0 Å². The fourth-order valence-electron chi connectivity index (χ4n) is 4.70. The zero-order valence-corrected chi connectivity index (χ0v) is 18.1. The van der Waals surface area contributed by atoms with E-state index in [2.05, 4.69) is 5.32 Å². The lowest BCUT2D eigenvalue weighted by atomic mass is 9.64. The first-order valence-electron chi connectivity index (χ1n) is 11.0. The second kappa shape index (κ2) is 9.07. The number of Topliss-reactive ketones (excluding diaryl/α,β-unsaturated/α-hetero) is 1. The highest BCUT2D eigenvalue weighted by Crippen LogP contribution is 2.49. The van der Waals surface area contributed by atoms with Crippen LogP contribution >= 0.6 is 0 Å². The molecule has 0 aliphatic carbocycles. The summed E-state index contributed by atoms with van der Waals surface area (Å²) in [5.74, 6) is -0.596. The van der Waals surface area contributed by atoms with Gasteiger partial charge in [0.2, 0.25) is 5.91 Å². The number of para-hydroxylation sites is 1. The van der Waals surface area contributed by atoms with E-state index in [0.717, 1.165) is 6.42 Å². The number of ketones is 1. The number of carbonyl (C=O) groups excluding carboxylic acids is 2. The molecule has 5 heteroatoms. The highest BCUT2D eigenvalue weighted by atomic mass is 17.1. The van der Waals surface area contributed by atoms with Crippen molar-refractivity contribution in [3.63, 3.8) is 0 Å². The maximum atomic E-state index is 13.9. The van der Waals surface area contributed by atoms with Gasteiger partial charge in [-0.3, -0.25) is 14.8 Å². The summed E-state index contributed by atoms with van der Waals surface area (Å²) in [6, 6.07) is 25.6. The van der Waals surface area contributed by atoms with Gasteiger partial charge in [-0.2, -0.15) is 0 Å². The number of fused-ring (bicyclic) bond motifs is 1. The number of anilines is 1. The third-order valence-electron chi connectivity index (χ3n) is 6.43. The van der Waals surface area contributed by atoms with Crippen molar-refractivity contribution in [1.29, 1.82) is 0 Å². The topological polar surface area (TPSA) is 75.6 Å². The Hall–Kier alpha value is -3.28. The molecule has 0 aromatic heterocycles. The van der Waals surface area contributed by atoms with Crippen LogP contribution in [0.1, 0.15) is 54.1 Å². The Balaban J connectivity index is 1.91. The van der Waals surface area contributed by atoms with Crippen molar-refractivity contribution in [3.05, 3.63) is 102 Å². The summed E-state index contributed by atoms with van der Waals surface area (Å²) < 4.78 is 0. The van der Waals surface area contributed by atoms with E-state index in [9.17, 15) is 14.8 Å². The van der Waals surface area contributed by atoms with Crippen LogP contribution in [0, 0.1) is 5.41 Å². The Morgan fingerprint density at radius 2 is 1.44 bits per heavy atom. The molecule has 0 saturated heterocycles. The van der Waals surface area contributed by atoms with Crippen molar-refractivity contribution < 1.29 is 19.7 Å². The average molecular weight is 430 g/mol. The molecule has 3 aromatic rings. The molecule has 1 heterocycles. The molecule has 1 atom stereocenters. The number of carbonyl (C=O) groups is 2. The number of benzene rings is 3. The summed E-state index contributed by atoms with van der Waals surface area (Å²) in [6.45, 7) is 2.02. The second-order valence-electron chi connectivity index (χ2n) is 8.34. The largest absolute Gasteiger partial charge is 0.325 e. The molecule has 1 amide bonds. The van der Waals surface area contributed by atoms with E-state index in [0.29, 0.717) is 35.2 Å². The quantitative estimate of drug-likeness (QED) is 0.269. The van der Waals surface area contributed by atoms with Crippen LogP contribution in [0.5, 0.6) is 0 Å². The number of rotatable bonds is 8. The molecule has 1 aliphatic heterocycles. The Kier molecular flexibility index (Phi) is 6.21. The van der Waals surface area contributed by atoms with E-state index in [1.54, 1.807) is 24.3 Å². The number of amides is 1. The van der Waals surface area contributed by atoms with Crippen molar-refractivity contribution >= 4 is 17.4 Å². The lowest BCUT2D eigenvalue weighted by Crippen LogP contribution is -2.51. The zero-order valence-electron chi connectivity index (χ0n) is 18.1. The predicted octanol–water partition coefficient (Wildman–Crippen LogP) is 5.82. The molecule has 0 spiro atoms. The highest BCUT2D eigenvalue weighted by Gasteiger charge is 2.55. The Bertz CT molecular complexity index is 1060. The van der Waals surface area contributed by atoms with E-state index in [-0.39, 0.29) is 18.1 Å². The van der Waals surface area contributed by atoms with Gasteiger partial charge in [0, 0.05) is 12.0 Å². The Morgan fingerprint density at radius 3 is 2.00 bits per heavy atom. The van der Waals surface area contributed by atoms with E-state index in [4.69, 9.17) is 4.89 Å². The van der Waals surface area contributed by atoms with Crippen LogP contribution < -0.4 is 5.32 Å². The van der Waals surface area contributed by atoms with Gasteiger partial charge in [-0.25, -0.2) is 4.89 Å². The van der Waals surface area contributed by atoms with E-state index in [1.165, 1.54) is 0 Å². The third kappa shape index (κ3) is 3.64. The van der Waals surface area contributed by atoms with Gasteiger partial charge in [0.25, 0.3) is 0 Å². The van der Waals surface area contributed by atoms with Crippen molar-refractivity contribution in [2.24, 2.45) is 5.41 Å². The number of unbranched alkanes of at least 4 members (excludes halogenated alkanes) is 1. The molecule has 1 aliphatic rings. The van der Waals surface area contributed by atoms with Crippen LogP contribution in [0.4, 0.5) is 5.69 Å². The second-order valence-corrected chi connectivity index (χ2v) is 8.34. The van der Waals surface area contributed by atoms with Crippen LogP contribution in [0.25, 0.3) is 0 Å². The first-order chi connectivity index (χ1) is 15.6. The number of hydrogen-bond acceptors (Lipinski definition) is 4. The van der Waals surface area contributed by atoms with Gasteiger partial charge in [0.15, 0.2) is 11.4 Å². The Morgan fingerprint density at radius 1 is 0.875 bits per heavy atom. The molecule has 0 saturated carbocycles. The fraction of sp³-hybridized carbons (Fsp3) is 0.259. The minimum Gasteiger partial charge on any atom is -0.325 e. The van der Waals surface area contributed by atoms with Crippen LogP contribution in [0.15, 0.2) is 84.9 Å². The summed E-state index contributed by atoms with van der Waals surface area (Å²) in [4.78, 5) is 32.8. The molecule has 5 nitrogen and oxygen atoms in total. The maximum absolute atomic E-state index is 13.9. The third-order valence-corrected chi connectivity index (χ3v) is 6.43. The minimum absolute atomic E-state index is 0.0243. The molecule has 32 heavy (non-hydrogen) atoms. The SMILES string of the molecule is CCCCC1(CC(OO)(c2ccccc2)c2ccccc2)C(=O)Nc2ccccc2C1=O. The molecule has 0 bridgehead atoms. The van der Waals surface area contributed by atoms with Crippen molar-refractivity contribution in [3.8, 4) is 0 Å². The summed E-state index contributed by atoms with van der Waals surface area (Å²) in [5.41, 5.74) is -0.442. The van der Waals surface area contributed by atoms with Crippen molar-refractivity contribution in [2.45, 2.75) is 38.2 Å². The minimum atomic E-state index is -1.39. The normalized spacial score (nSPS) is 18.2. The van der Waals surface area contributed by atoms with Gasteiger partial charge in [-0.05, 0) is 29.7 Å². The van der Waals surface area contributed by atoms with Gasteiger partial charge in [-0.15, -0.1) is 0 Å². The first-order valence-corrected chi connectivity index (χ1v) is 11.0. The molecule has 164 valence electrons. The van der Waals surface area contributed by atoms with Crippen LogP contribution in [-0.2, 0) is 15.3 Å². The van der Waals surface area contributed by atoms with Crippen LogP contribution in [-0.4, -0.2) is 16.9 Å². The van der Waals surface area contributed by atoms with Gasteiger partial charge < -0.3 is 5.32 Å². The lowest BCUT2D eigenvalue weighted by Gasteiger charge is -2.42. The Labute approximate surface area is 188 Å². The first kappa shape index (κ1) is 21.9. The number of hydrogen-bond donors (Lipinski definition) is 2. The van der Waals surface area contributed by atoms with E-state index in [1.807, 2.05) is 67.6 Å². The van der Waals surface area contributed by atoms with Gasteiger partial charge in [0.1, 0.15) is 5.41 Å². The average Bonchev–Trinajstić information content (AvgIpc) is 2.85. The molecular weight excluding hydrogens is 402 g/mol.